The second kappa shape index (κ2) is 5.22. The van der Waals surface area contributed by atoms with Crippen LogP contribution in [0, 0.1) is 0 Å². The maximum absolute atomic E-state index is 10.9. The lowest BCUT2D eigenvalue weighted by molar-refractivity contribution is 0.0696. The molecule has 0 saturated heterocycles. The van der Waals surface area contributed by atoms with Crippen LogP contribution in [0.15, 0.2) is 35.1 Å². The number of methoxy groups -OCH3 is 1. The lowest BCUT2D eigenvalue weighted by Crippen LogP contribution is -2.05. The molecule has 1 N–H and O–H groups in total. The van der Waals surface area contributed by atoms with Gasteiger partial charge in [-0.3, -0.25) is 4.68 Å². The second-order valence-corrected chi connectivity index (χ2v) is 4.60. The SMILES string of the molecule is COc1ccc(C(=O)O)cc1Cn1cc(Br)cn1. The number of carbonyl (C=O) groups is 1. The first-order valence-corrected chi connectivity index (χ1v) is 5.97. The summed E-state index contributed by atoms with van der Waals surface area (Å²) in [6.07, 6.45) is 3.49. The van der Waals surface area contributed by atoms with Gasteiger partial charge in [-0.15, -0.1) is 0 Å². The van der Waals surface area contributed by atoms with E-state index in [1.807, 2.05) is 6.20 Å². The van der Waals surface area contributed by atoms with Crippen LogP contribution in [0.2, 0.25) is 0 Å². The van der Waals surface area contributed by atoms with Crippen LogP contribution in [-0.2, 0) is 6.54 Å². The number of carboxylic acids is 1. The molecule has 0 atom stereocenters. The van der Waals surface area contributed by atoms with Crippen LogP contribution in [0.3, 0.4) is 0 Å². The zero-order valence-corrected chi connectivity index (χ0v) is 11.2. The molecule has 2 aromatic rings. The predicted molar refractivity (Wildman–Crippen MR) is 69.0 cm³/mol. The van der Waals surface area contributed by atoms with E-state index >= 15 is 0 Å². The lowest BCUT2D eigenvalue weighted by Gasteiger charge is -2.09. The molecule has 0 bridgehead atoms. The van der Waals surface area contributed by atoms with E-state index in [9.17, 15) is 4.79 Å². The van der Waals surface area contributed by atoms with Gasteiger partial charge in [-0.2, -0.15) is 5.10 Å². The lowest BCUT2D eigenvalue weighted by atomic mass is 10.1. The monoisotopic (exact) mass is 310 g/mol. The van der Waals surface area contributed by atoms with Gasteiger partial charge in [-0.05, 0) is 34.1 Å². The van der Waals surface area contributed by atoms with Crippen molar-refractivity contribution in [3.63, 3.8) is 0 Å². The summed E-state index contributed by atoms with van der Waals surface area (Å²) < 4.78 is 7.79. The predicted octanol–water partition coefficient (Wildman–Crippen LogP) is 2.40. The normalized spacial score (nSPS) is 10.3. The Labute approximate surface area is 112 Å². The highest BCUT2D eigenvalue weighted by atomic mass is 79.9. The molecule has 6 heteroatoms. The first-order valence-electron chi connectivity index (χ1n) is 5.18. The second-order valence-electron chi connectivity index (χ2n) is 3.69. The molecule has 0 aliphatic carbocycles. The van der Waals surface area contributed by atoms with Gasteiger partial charge < -0.3 is 9.84 Å². The highest BCUT2D eigenvalue weighted by molar-refractivity contribution is 9.10. The maximum Gasteiger partial charge on any atom is 0.335 e. The van der Waals surface area contributed by atoms with Gasteiger partial charge in [0.25, 0.3) is 0 Å². The minimum atomic E-state index is -0.958. The molecule has 1 aromatic carbocycles. The number of hydrogen-bond donors (Lipinski definition) is 1. The van der Waals surface area contributed by atoms with Crippen LogP contribution in [0.4, 0.5) is 0 Å². The van der Waals surface area contributed by atoms with Crippen LogP contribution in [0.25, 0.3) is 0 Å². The largest absolute Gasteiger partial charge is 0.496 e. The molecule has 5 nitrogen and oxygen atoms in total. The molecule has 0 saturated carbocycles. The topological polar surface area (TPSA) is 64.3 Å². The molecule has 18 heavy (non-hydrogen) atoms. The van der Waals surface area contributed by atoms with Crippen molar-refractivity contribution in [2.45, 2.75) is 6.54 Å². The average molecular weight is 311 g/mol. The molecule has 2 rings (SSSR count). The van der Waals surface area contributed by atoms with Gasteiger partial charge in [0.2, 0.25) is 0 Å². The van der Waals surface area contributed by atoms with Crippen molar-refractivity contribution >= 4 is 21.9 Å². The fourth-order valence-corrected chi connectivity index (χ4v) is 1.96. The fraction of sp³-hybridized carbons (Fsp3) is 0.167. The number of hydrogen-bond acceptors (Lipinski definition) is 3. The van der Waals surface area contributed by atoms with Gasteiger partial charge in [-0.1, -0.05) is 0 Å². The van der Waals surface area contributed by atoms with Gasteiger partial charge in [0.1, 0.15) is 5.75 Å². The Bertz CT molecular complexity index is 580. The standard InChI is InChI=1S/C12H11BrN2O3/c1-18-11-3-2-8(12(16)17)4-9(11)6-15-7-10(13)5-14-15/h2-5,7H,6H2,1H3,(H,16,17). The van der Waals surface area contributed by atoms with Crippen molar-refractivity contribution < 1.29 is 14.6 Å². The van der Waals surface area contributed by atoms with Crippen molar-refractivity contribution in [3.8, 4) is 5.75 Å². The summed E-state index contributed by atoms with van der Waals surface area (Å²) in [6, 6.07) is 4.76. The summed E-state index contributed by atoms with van der Waals surface area (Å²) >= 11 is 3.31. The third-order valence-corrected chi connectivity index (χ3v) is 2.87. The number of nitrogens with zero attached hydrogens (tertiary/aromatic N) is 2. The Balaban J connectivity index is 2.35. The van der Waals surface area contributed by atoms with Gasteiger partial charge in [0.15, 0.2) is 0 Å². The third-order valence-electron chi connectivity index (χ3n) is 2.46. The van der Waals surface area contributed by atoms with E-state index in [2.05, 4.69) is 21.0 Å². The summed E-state index contributed by atoms with van der Waals surface area (Å²) in [5.41, 5.74) is 1.00. The van der Waals surface area contributed by atoms with E-state index in [1.165, 1.54) is 6.07 Å². The zero-order chi connectivity index (χ0) is 13.1. The van der Waals surface area contributed by atoms with Crippen molar-refractivity contribution in [3.05, 3.63) is 46.2 Å². The van der Waals surface area contributed by atoms with Gasteiger partial charge in [-0.25, -0.2) is 4.79 Å². The van der Waals surface area contributed by atoms with Gasteiger partial charge in [0, 0.05) is 11.8 Å². The number of ether oxygens (including phenoxy) is 1. The summed E-state index contributed by atoms with van der Waals surface area (Å²) in [4.78, 5) is 10.9. The number of benzene rings is 1. The minimum absolute atomic E-state index is 0.233. The first kappa shape index (κ1) is 12.6. The quantitative estimate of drug-likeness (QED) is 0.942. The van der Waals surface area contributed by atoms with E-state index in [0.717, 1.165) is 10.0 Å². The fourth-order valence-electron chi connectivity index (χ4n) is 1.63. The molecule has 94 valence electrons. The van der Waals surface area contributed by atoms with Gasteiger partial charge in [0.05, 0.1) is 29.9 Å². The molecule has 0 amide bonds. The molecule has 1 heterocycles. The molecule has 0 aliphatic heterocycles. The number of rotatable bonds is 4. The summed E-state index contributed by atoms with van der Waals surface area (Å²) in [5.74, 6) is -0.313. The van der Waals surface area contributed by atoms with E-state index < -0.39 is 5.97 Å². The summed E-state index contributed by atoms with van der Waals surface area (Å²) in [6.45, 7) is 0.454. The van der Waals surface area contributed by atoms with Crippen LogP contribution in [0.5, 0.6) is 5.75 Å². The number of halogens is 1. The molecule has 0 radical (unpaired) electrons. The molecule has 0 unspecified atom stereocenters. The molecular weight excluding hydrogens is 300 g/mol. The number of aromatic carboxylic acids is 1. The smallest absolute Gasteiger partial charge is 0.335 e. The number of aromatic nitrogens is 2. The van der Waals surface area contributed by atoms with Crippen molar-refractivity contribution in [2.75, 3.05) is 7.11 Å². The van der Waals surface area contributed by atoms with Crippen LogP contribution < -0.4 is 4.74 Å². The van der Waals surface area contributed by atoms with Crippen LogP contribution in [0.1, 0.15) is 15.9 Å². The Hall–Kier alpha value is -1.82. The Morgan fingerprint density at radius 2 is 2.33 bits per heavy atom. The molecule has 0 fully saturated rings. The van der Waals surface area contributed by atoms with E-state index in [-0.39, 0.29) is 5.56 Å². The highest BCUT2D eigenvalue weighted by Crippen LogP contribution is 2.21. The summed E-state index contributed by atoms with van der Waals surface area (Å²) in [7, 11) is 1.55. The minimum Gasteiger partial charge on any atom is -0.496 e. The van der Waals surface area contributed by atoms with E-state index in [4.69, 9.17) is 9.84 Å². The molecule has 0 spiro atoms. The average Bonchev–Trinajstić information content (AvgIpc) is 2.74. The van der Waals surface area contributed by atoms with Gasteiger partial charge >= 0.3 is 5.97 Å². The Morgan fingerprint density at radius 1 is 1.56 bits per heavy atom. The zero-order valence-electron chi connectivity index (χ0n) is 9.63. The third kappa shape index (κ3) is 2.70. The van der Waals surface area contributed by atoms with E-state index in [0.29, 0.717) is 12.3 Å². The first-order chi connectivity index (χ1) is 8.60. The van der Waals surface area contributed by atoms with Crippen molar-refractivity contribution in [2.24, 2.45) is 0 Å². The molecular formula is C12H11BrN2O3. The summed E-state index contributed by atoms with van der Waals surface area (Å²) in [5, 5.41) is 13.1. The van der Waals surface area contributed by atoms with Crippen molar-refractivity contribution in [1.82, 2.24) is 9.78 Å². The van der Waals surface area contributed by atoms with Crippen LogP contribution >= 0.6 is 15.9 Å². The maximum atomic E-state index is 10.9. The highest BCUT2D eigenvalue weighted by Gasteiger charge is 2.10. The Morgan fingerprint density at radius 3 is 2.89 bits per heavy atom. The number of carboxylic acid groups (broad SMARTS) is 1. The van der Waals surface area contributed by atoms with Crippen molar-refractivity contribution in [1.29, 1.82) is 0 Å². The molecule has 0 aliphatic rings. The molecule has 1 aromatic heterocycles. The van der Waals surface area contributed by atoms with Crippen LogP contribution in [-0.4, -0.2) is 28.0 Å². The Kier molecular flexibility index (Phi) is 3.66. The van der Waals surface area contributed by atoms with E-state index in [1.54, 1.807) is 30.1 Å².